The van der Waals surface area contributed by atoms with E-state index in [1.807, 2.05) is 0 Å². The molecule has 42 heavy (non-hydrogen) atoms. The van der Waals surface area contributed by atoms with Crippen molar-refractivity contribution in [3.05, 3.63) is 123 Å². The molecule has 0 aliphatic carbocycles. The number of carbonyl (C=O) groups excluding carboxylic acids is 1. The molecule has 0 saturated carbocycles. The molecule has 0 aliphatic rings. The summed E-state index contributed by atoms with van der Waals surface area (Å²) in [6.45, 7) is 2.11. The lowest BCUT2D eigenvalue weighted by molar-refractivity contribution is -0.384. The molecule has 0 amide bonds. The number of nitrogens with zero attached hydrogens (tertiary/aromatic N) is 4. The number of non-ortho nitro benzene ring substituents is 1. The van der Waals surface area contributed by atoms with Gasteiger partial charge in [0.05, 0.1) is 41.3 Å². The van der Waals surface area contributed by atoms with Crippen LogP contribution in [0.3, 0.4) is 0 Å². The molecule has 5 rings (SSSR count). The lowest BCUT2D eigenvalue weighted by Crippen LogP contribution is -2.20. The van der Waals surface area contributed by atoms with Crippen LogP contribution in [0, 0.1) is 10.1 Å². The molecule has 0 bridgehead atoms. The Hall–Kier alpha value is -5.84. The van der Waals surface area contributed by atoms with Crippen LogP contribution in [0.1, 0.15) is 22.8 Å². The van der Waals surface area contributed by atoms with E-state index in [0.29, 0.717) is 45.7 Å². The third kappa shape index (κ3) is 5.85. The first-order valence-electron chi connectivity index (χ1n) is 12.8. The molecule has 0 unspecified atom stereocenters. The molecule has 4 aromatic carbocycles. The Morgan fingerprint density at radius 2 is 1.74 bits per heavy atom. The predicted molar refractivity (Wildman–Crippen MR) is 157 cm³/mol. The summed E-state index contributed by atoms with van der Waals surface area (Å²) < 4.78 is 17.6. The number of methoxy groups -OCH3 is 1. The standard InChI is InChI=1S/C31H24N4O7/c1-3-41-28-18-20(8-17-27(28)42-31(37)22-11-15-24(40-2)16-12-22)19-32-34-29(21-9-13-23(14-10-21)35(38)39)33-26-7-5-4-6-25(26)30(34)36/h4-19H,3H2,1-2H3. The Morgan fingerprint density at radius 1 is 1.00 bits per heavy atom. The van der Waals surface area contributed by atoms with Crippen LogP contribution in [0.4, 0.5) is 5.69 Å². The number of nitro benzene ring substituents is 1. The van der Waals surface area contributed by atoms with Gasteiger partial charge in [-0.15, -0.1) is 0 Å². The Kier molecular flexibility index (Phi) is 8.00. The lowest BCUT2D eigenvalue weighted by atomic mass is 10.1. The van der Waals surface area contributed by atoms with Gasteiger partial charge in [-0.1, -0.05) is 12.1 Å². The Morgan fingerprint density at radius 3 is 2.43 bits per heavy atom. The summed E-state index contributed by atoms with van der Waals surface area (Å²) >= 11 is 0. The fraction of sp³-hybridized carbons (Fsp3) is 0.0968. The number of hydrogen-bond donors (Lipinski definition) is 0. The number of rotatable bonds is 9. The number of aromatic nitrogens is 2. The van der Waals surface area contributed by atoms with Crippen LogP contribution in [0.2, 0.25) is 0 Å². The SMILES string of the molecule is CCOc1cc(C=Nn2c(-c3ccc([N+](=O)[O-])cc3)nc3ccccc3c2=O)ccc1OC(=O)c1ccc(OC)cc1. The van der Waals surface area contributed by atoms with E-state index < -0.39 is 16.5 Å². The smallest absolute Gasteiger partial charge is 0.343 e. The maximum absolute atomic E-state index is 13.4. The zero-order chi connectivity index (χ0) is 29.6. The van der Waals surface area contributed by atoms with Gasteiger partial charge in [0.2, 0.25) is 0 Å². The summed E-state index contributed by atoms with van der Waals surface area (Å²) in [6, 6.07) is 23.9. The van der Waals surface area contributed by atoms with Gasteiger partial charge in [0, 0.05) is 17.7 Å². The first-order chi connectivity index (χ1) is 20.4. The lowest BCUT2D eigenvalue weighted by Gasteiger charge is -2.12. The normalized spacial score (nSPS) is 11.0. The number of para-hydroxylation sites is 1. The highest BCUT2D eigenvalue weighted by Crippen LogP contribution is 2.29. The second-order valence-corrected chi connectivity index (χ2v) is 8.88. The molecule has 5 aromatic rings. The van der Waals surface area contributed by atoms with Crippen molar-refractivity contribution < 1.29 is 23.9 Å². The van der Waals surface area contributed by atoms with E-state index in [0.717, 1.165) is 4.68 Å². The van der Waals surface area contributed by atoms with Crippen LogP contribution < -0.4 is 19.8 Å². The van der Waals surface area contributed by atoms with Crippen molar-refractivity contribution in [1.82, 2.24) is 9.66 Å². The molecule has 0 fully saturated rings. The zero-order valence-corrected chi connectivity index (χ0v) is 22.6. The maximum atomic E-state index is 13.4. The molecule has 0 N–H and O–H groups in total. The van der Waals surface area contributed by atoms with Crippen molar-refractivity contribution in [1.29, 1.82) is 0 Å². The van der Waals surface area contributed by atoms with Gasteiger partial charge in [-0.2, -0.15) is 9.78 Å². The van der Waals surface area contributed by atoms with E-state index in [4.69, 9.17) is 14.2 Å². The van der Waals surface area contributed by atoms with Gasteiger partial charge in [0.15, 0.2) is 17.3 Å². The van der Waals surface area contributed by atoms with Crippen LogP contribution in [0.5, 0.6) is 17.2 Å². The Labute approximate surface area is 239 Å². The quantitative estimate of drug-likeness (QED) is 0.0755. The van der Waals surface area contributed by atoms with E-state index in [-0.39, 0.29) is 17.3 Å². The topological polar surface area (TPSA) is 135 Å². The summed E-state index contributed by atoms with van der Waals surface area (Å²) in [5.74, 6) is 0.776. The molecule has 0 atom stereocenters. The predicted octanol–water partition coefficient (Wildman–Crippen LogP) is 5.48. The molecule has 1 aromatic heterocycles. The van der Waals surface area contributed by atoms with Crippen LogP contribution in [-0.2, 0) is 0 Å². The van der Waals surface area contributed by atoms with Crippen molar-refractivity contribution in [2.75, 3.05) is 13.7 Å². The number of ether oxygens (including phenoxy) is 3. The number of esters is 1. The van der Waals surface area contributed by atoms with Gasteiger partial charge >= 0.3 is 5.97 Å². The summed E-state index contributed by atoms with van der Waals surface area (Å²) in [5.41, 5.74) is 1.32. The van der Waals surface area contributed by atoms with E-state index in [2.05, 4.69) is 10.1 Å². The second kappa shape index (κ2) is 12.1. The van der Waals surface area contributed by atoms with Crippen LogP contribution >= 0.6 is 0 Å². The minimum Gasteiger partial charge on any atom is -0.497 e. The monoisotopic (exact) mass is 564 g/mol. The van der Waals surface area contributed by atoms with Gasteiger partial charge in [-0.25, -0.2) is 9.78 Å². The fourth-order valence-corrected chi connectivity index (χ4v) is 4.12. The van der Waals surface area contributed by atoms with Gasteiger partial charge in [-0.05, 0) is 79.2 Å². The van der Waals surface area contributed by atoms with E-state index in [1.54, 1.807) is 73.7 Å². The highest BCUT2D eigenvalue weighted by atomic mass is 16.6. The largest absolute Gasteiger partial charge is 0.497 e. The highest BCUT2D eigenvalue weighted by molar-refractivity contribution is 5.92. The molecular weight excluding hydrogens is 540 g/mol. The summed E-state index contributed by atoms with van der Waals surface area (Å²) in [4.78, 5) is 41.4. The van der Waals surface area contributed by atoms with Gasteiger partial charge in [0.1, 0.15) is 5.75 Å². The molecule has 1 heterocycles. The highest BCUT2D eigenvalue weighted by Gasteiger charge is 2.16. The minimum absolute atomic E-state index is 0.0897. The minimum atomic E-state index is -0.568. The summed E-state index contributed by atoms with van der Waals surface area (Å²) in [5, 5.41) is 15.9. The van der Waals surface area contributed by atoms with Gasteiger partial charge in [-0.3, -0.25) is 14.9 Å². The van der Waals surface area contributed by atoms with Crippen molar-refractivity contribution in [2.45, 2.75) is 6.92 Å². The Balaban J connectivity index is 1.50. The number of benzene rings is 4. The molecule has 210 valence electrons. The third-order valence-electron chi connectivity index (χ3n) is 6.21. The van der Waals surface area contributed by atoms with Crippen molar-refractivity contribution >= 4 is 28.8 Å². The fourth-order valence-electron chi connectivity index (χ4n) is 4.12. The average Bonchev–Trinajstić information content (AvgIpc) is 3.01. The van der Waals surface area contributed by atoms with E-state index in [1.165, 1.54) is 37.6 Å². The van der Waals surface area contributed by atoms with Crippen molar-refractivity contribution in [3.63, 3.8) is 0 Å². The second-order valence-electron chi connectivity index (χ2n) is 8.88. The van der Waals surface area contributed by atoms with Crippen LogP contribution in [-0.4, -0.2) is 40.5 Å². The first-order valence-corrected chi connectivity index (χ1v) is 12.8. The molecule has 11 heteroatoms. The average molecular weight is 565 g/mol. The third-order valence-corrected chi connectivity index (χ3v) is 6.21. The molecule has 0 saturated heterocycles. The molecule has 0 spiro atoms. The summed E-state index contributed by atoms with van der Waals surface area (Å²) in [7, 11) is 1.54. The molecule has 0 aliphatic heterocycles. The van der Waals surface area contributed by atoms with Crippen molar-refractivity contribution in [3.8, 4) is 28.6 Å². The molecular formula is C31H24N4O7. The van der Waals surface area contributed by atoms with Crippen LogP contribution in [0.15, 0.2) is 101 Å². The van der Waals surface area contributed by atoms with Crippen molar-refractivity contribution in [2.24, 2.45) is 5.10 Å². The van der Waals surface area contributed by atoms with Crippen LogP contribution in [0.25, 0.3) is 22.3 Å². The number of hydrogen-bond acceptors (Lipinski definition) is 9. The maximum Gasteiger partial charge on any atom is 0.343 e. The number of fused-ring (bicyclic) bond motifs is 1. The van der Waals surface area contributed by atoms with Gasteiger partial charge in [0.25, 0.3) is 11.2 Å². The summed E-state index contributed by atoms with van der Waals surface area (Å²) in [6.07, 6.45) is 1.45. The zero-order valence-electron chi connectivity index (χ0n) is 22.6. The molecule has 0 radical (unpaired) electrons. The number of nitro groups is 1. The van der Waals surface area contributed by atoms with E-state index >= 15 is 0 Å². The van der Waals surface area contributed by atoms with Gasteiger partial charge < -0.3 is 14.2 Å². The first kappa shape index (κ1) is 27.7. The molecule has 11 nitrogen and oxygen atoms in total. The van der Waals surface area contributed by atoms with E-state index in [9.17, 15) is 19.7 Å². The number of carbonyl (C=O) groups is 1. The Bertz CT molecular complexity index is 1860.